The van der Waals surface area contributed by atoms with Gasteiger partial charge in [0.05, 0.1) is 10.7 Å². The van der Waals surface area contributed by atoms with Gasteiger partial charge < -0.3 is 0 Å². The topological polar surface area (TPSA) is 89.3 Å². The highest BCUT2D eigenvalue weighted by molar-refractivity contribution is 7.88. The maximum absolute atomic E-state index is 12.0. The summed E-state index contributed by atoms with van der Waals surface area (Å²) >= 11 is 0. The third-order valence-corrected chi connectivity index (χ3v) is 4.11. The third-order valence-electron chi connectivity index (χ3n) is 2.82. The number of sulfonamides is 1. The van der Waals surface area contributed by atoms with E-state index in [0.717, 1.165) is 5.56 Å². The molecule has 0 saturated carbocycles. The van der Waals surface area contributed by atoms with Crippen LogP contribution in [0.3, 0.4) is 0 Å². The van der Waals surface area contributed by atoms with E-state index in [2.05, 4.69) is 4.72 Å². The predicted octanol–water partition coefficient (Wildman–Crippen LogP) is 2.21. The molecule has 0 fully saturated rings. The van der Waals surface area contributed by atoms with Crippen molar-refractivity contribution in [1.29, 1.82) is 0 Å². The fourth-order valence-corrected chi connectivity index (χ4v) is 2.93. The minimum atomic E-state index is -3.55. The molecule has 1 N–H and O–H groups in total. The zero-order valence-corrected chi connectivity index (χ0v) is 11.9. The van der Waals surface area contributed by atoms with Gasteiger partial charge in [-0.25, -0.2) is 13.1 Å². The van der Waals surface area contributed by atoms with E-state index >= 15 is 0 Å². The van der Waals surface area contributed by atoms with Crippen molar-refractivity contribution < 1.29 is 13.3 Å². The molecule has 6 nitrogen and oxygen atoms in total. The molecule has 0 atom stereocenters. The summed E-state index contributed by atoms with van der Waals surface area (Å²) in [5.41, 5.74) is 1.11. The number of nitro groups is 1. The Morgan fingerprint density at radius 3 is 2.33 bits per heavy atom. The molecule has 0 saturated heterocycles. The van der Waals surface area contributed by atoms with Crippen LogP contribution in [-0.2, 0) is 22.3 Å². The molecule has 0 spiro atoms. The van der Waals surface area contributed by atoms with Crippen molar-refractivity contribution in [2.75, 3.05) is 0 Å². The monoisotopic (exact) mass is 306 g/mol. The van der Waals surface area contributed by atoms with E-state index < -0.39 is 14.9 Å². The second-order valence-corrected chi connectivity index (χ2v) is 6.30. The van der Waals surface area contributed by atoms with Crippen LogP contribution in [0.15, 0.2) is 54.6 Å². The summed E-state index contributed by atoms with van der Waals surface area (Å²) in [6, 6.07) is 14.7. The summed E-state index contributed by atoms with van der Waals surface area (Å²) in [5.74, 6) is -0.290. The van der Waals surface area contributed by atoms with E-state index in [9.17, 15) is 18.5 Å². The first kappa shape index (κ1) is 15.1. The Labute approximate surface area is 122 Å². The maximum Gasteiger partial charge on any atom is 0.269 e. The van der Waals surface area contributed by atoms with Crippen LogP contribution < -0.4 is 4.72 Å². The summed E-state index contributed by atoms with van der Waals surface area (Å²) in [6.07, 6.45) is 0. The first-order chi connectivity index (χ1) is 9.96. The zero-order valence-electron chi connectivity index (χ0n) is 11.1. The zero-order chi connectivity index (χ0) is 15.3. The third kappa shape index (κ3) is 4.66. The summed E-state index contributed by atoms with van der Waals surface area (Å²) in [5, 5.41) is 10.7. The Bertz CT molecular complexity index is 730. The van der Waals surface area contributed by atoms with Gasteiger partial charge in [0, 0.05) is 18.7 Å². The summed E-state index contributed by atoms with van der Waals surface area (Å²) < 4.78 is 26.4. The molecule has 0 radical (unpaired) electrons. The Hall–Kier alpha value is -2.25. The van der Waals surface area contributed by atoms with Crippen molar-refractivity contribution in [2.45, 2.75) is 12.3 Å². The first-order valence-electron chi connectivity index (χ1n) is 6.21. The highest BCUT2D eigenvalue weighted by Crippen LogP contribution is 2.15. The van der Waals surface area contributed by atoms with E-state index in [1.165, 1.54) is 18.2 Å². The number of hydrogen-bond donors (Lipinski definition) is 1. The lowest BCUT2D eigenvalue weighted by Gasteiger charge is -2.07. The molecule has 21 heavy (non-hydrogen) atoms. The van der Waals surface area contributed by atoms with Crippen molar-refractivity contribution in [3.8, 4) is 0 Å². The number of benzene rings is 2. The van der Waals surface area contributed by atoms with Crippen LogP contribution in [0, 0.1) is 10.1 Å². The van der Waals surface area contributed by atoms with Crippen molar-refractivity contribution in [3.05, 3.63) is 75.8 Å². The molecule has 7 heteroatoms. The van der Waals surface area contributed by atoms with Crippen LogP contribution >= 0.6 is 0 Å². The quantitative estimate of drug-likeness (QED) is 0.654. The molecule has 0 aliphatic carbocycles. The first-order valence-corrected chi connectivity index (χ1v) is 7.86. The van der Waals surface area contributed by atoms with Crippen molar-refractivity contribution in [2.24, 2.45) is 0 Å². The fraction of sp³-hybridized carbons (Fsp3) is 0.143. The van der Waals surface area contributed by atoms with Crippen molar-refractivity contribution in [3.63, 3.8) is 0 Å². The van der Waals surface area contributed by atoms with Gasteiger partial charge in [-0.2, -0.15) is 0 Å². The molecule has 2 rings (SSSR count). The highest BCUT2D eigenvalue weighted by atomic mass is 32.2. The average molecular weight is 306 g/mol. The Morgan fingerprint density at radius 2 is 1.67 bits per heavy atom. The van der Waals surface area contributed by atoms with Crippen LogP contribution in [0.25, 0.3) is 0 Å². The maximum atomic E-state index is 12.0. The molecule has 0 bridgehead atoms. The highest BCUT2D eigenvalue weighted by Gasteiger charge is 2.13. The van der Waals surface area contributed by atoms with Gasteiger partial charge in [-0.05, 0) is 11.1 Å². The summed E-state index contributed by atoms with van der Waals surface area (Å²) in [6.45, 7) is 0.193. The molecule has 0 aliphatic heterocycles. The molecule has 0 amide bonds. The van der Waals surface area contributed by atoms with Gasteiger partial charge >= 0.3 is 0 Å². The molecular formula is C14H14N2O4S. The number of nitrogens with zero attached hydrogens (tertiary/aromatic N) is 1. The lowest BCUT2D eigenvalue weighted by molar-refractivity contribution is -0.384. The van der Waals surface area contributed by atoms with E-state index in [1.54, 1.807) is 6.07 Å². The molecular weight excluding hydrogens is 292 g/mol. The normalized spacial score (nSPS) is 11.2. The van der Waals surface area contributed by atoms with Crippen molar-refractivity contribution in [1.82, 2.24) is 4.72 Å². The van der Waals surface area contributed by atoms with E-state index in [4.69, 9.17) is 0 Å². The Morgan fingerprint density at radius 1 is 1.00 bits per heavy atom. The van der Waals surface area contributed by atoms with Gasteiger partial charge in [0.25, 0.3) is 5.69 Å². The smallest absolute Gasteiger partial charge is 0.258 e. The molecule has 0 heterocycles. The molecule has 0 unspecified atom stereocenters. The van der Waals surface area contributed by atoms with E-state index in [0.29, 0.717) is 5.56 Å². The number of rotatable bonds is 6. The molecule has 2 aromatic carbocycles. The molecule has 0 aliphatic rings. The van der Waals surface area contributed by atoms with Gasteiger partial charge in [-0.3, -0.25) is 10.1 Å². The second kappa shape index (κ2) is 6.47. The summed E-state index contributed by atoms with van der Waals surface area (Å²) in [4.78, 5) is 10.1. The molecule has 110 valence electrons. The van der Waals surface area contributed by atoms with E-state index in [-0.39, 0.29) is 18.0 Å². The van der Waals surface area contributed by atoms with Gasteiger partial charge in [0.15, 0.2) is 0 Å². The molecule has 2 aromatic rings. The van der Waals surface area contributed by atoms with Crippen LogP contribution in [0.4, 0.5) is 5.69 Å². The van der Waals surface area contributed by atoms with Crippen LogP contribution in [0.1, 0.15) is 11.1 Å². The fourth-order valence-electron chi connectivity index (χ4n) is 1.82. The number of nitrogens with one attached hydrogen (secondary N) is 1. The lowest BCUT2D eigenvalue weighted by Crippen LogP contribution is -2.24. The average Bonchev–Trinajstić information content (AvgIpc) is 2.46. The minimum Gasteiger partial charge on any atom is -0.258 e. The minimum absolute atomic E-state index is 0.120. The van der Waals surface area contributed by atoms with Gasteiger partial charge in [-0.1, -0.05) is 42.5 Å². The lowest BCUT2D eigenvalue weighted by atomic mass is 10.2. The molecule has 0 aromatic heterocycles. The number of hydrogen-bond acceptors (Lipinski definition) is 4. The standard InChI is InChI=1S/C14H14N2O4S/c17-16(18)14-8-4-7-13(9-14)11-21(19,20)15-10-12-5-2-1-3-6-12/h1-9,15H,10-11H2. The Kier molecular flexibility index (Phi) is 4.66. The van der Waals surface area contributed by atoms with Gasteiger partial charge in [0.2, 0.25) is 10.0 Å². The number of non-ortho nitro benzene ring substituents is 1. The van der Waals surface area contributed by atoms with Gasteiger partial charge in [0.1, 0.15) is 0 Å². The largest absolute Gasteiger partial charge is 0.269 e. The second-order valence-electron chi connectivity index (χ2n) is 4.49. The summed E-state index contributed by atoms with van der Waals surface area (Å²) in [7, 11) is -3.55. The predicted molar refractivity (Wildman–Crippen MR) is 79.0 cm³/mol. The number of nitro benzene ring substituents is 1. The van der Waals surface area contributed by atoms with Crippen molar-refractivity contribution >= 4 is 15.7 Å². The SMILES string of the molecule is O=[N+]([O-])c1cccc(CS(=O)(=O)NCc2ccccc2)c1. The Balaban J connectivity index is 2.04. The van der Waals surface area contributed by atoms with Crippen LogP contribution in [-0.4, -0.2) is 13.3 Å². The van der Waals surface area contributed by atoms with E-state index in [1.807, 2.05) is 30.3 Å². The van der Waals surface area contributed by atoms with Crippen LogP contribution in [0.2, 0.25) is 0 Å². The van der Waals surface area contributed by atoms with Crippen LogP contribution in [0.5, 0.6) is 0 Å². The van der Waals surface area contributed by atoms with Gasteiger partial charge in [-0.15, -0.1) is 0 Å².